The number of hydrogen-bond acceptors (Lipinski definition) is 12. The van der Waals surface area contributed by atoms with Crippen molar-refractivity contribution in [2.45, 2.75) is 152 Å². The van der Waals surface area contributed by atoms with Crippen molar-refractivity contribution in [2.75, 3.05) is 40.0 Å². The summed E-state index contributed by atoms with van der Waals surface area (Å²) >= 11 is 0. The number of nitrogens with one attached hydrogen (secondary N) is 1. The van der Waals surface area contributed by atoms with Crippen molar-refractivity contribution in [3.05, 3.63) is 0 Å². The molecule has 0 aromatic rings. The zero-order valence-electron chi connectivity index (χ0n) is 37.2. The number of carboxylic acid groups (broad SMARTS) is 1. The van der Waals surface area contributed by atoms with Crippen molar-refractivity contribution in [3.8, 4) is 0 Å². The first-order valence-corrected chi connectivity index (χ1v) is 20.6. The maximum Gasteiger partial charge on any atom is 0.311 e. The Morgan fingerprint density at radius 3 is 1.96 bits per heavy atom. The number of amides is 1. The molecule has 0 aromatic carbocycles. The molecule has 1 rings (SSSR count). The lowest BCUT2D eigenvalue weighted by Crippen LogP contribution is -2.47. The van der Waals surface area contributed by atoms with Gasteiger partial charge in [0.05, 0.1) is 48.4 Å². The predicted molar refractivity (Wildman–Crippen MR) is 215 cm³/mol. The fraction of sp³-hybridized carbons (Fsp3) is 0.837. The van der Waals surface area contributed by atoms with Crippen molar-refractivity contribution in [2.24, 2.45) is 39.9 Å². The van der Waals surface area contributed by atoms with Crippen LogP contribution in [0.4, 0.5) is 0 Å². The number of carbonyl (C=O) groups is 7. The molecule has 328 valence electrons. The Balaban J connectivity index is 3.64. The summed E-state index contributed by atoms with van der Waals surface area (Å²) in [4.78, 5) is 95.4. The minimum absolute atomic E-state index is 0.0145. The van der Waals surface area contributed by atoms with E-state index in [0.29, 0.717) is 25.9 Å². The van der Waals surface area contributed by atoms with Crippen LogP contribution in [-0.4, -0.2) is 103 Å². The number of ether oxygens (including phenoxy) is 4. The number of hydrogen-bond donors (Lipinski definition) is 2. The first kappa shape index (κ1) is 51.5. The van der Waals surface area contributed by atoms with Gasteiger partial charge in [0.1, 0.15) is 12.4 Å². The molecule has 1 saturated heterocycles. The molecule has 6 atom stereocenters. The Kier molecular flexibility index (Phi) is 20.4. The third kappa shape index (κ3) is 16.7. The molecule has 1 aliphatic rings. The molecule has 1 heterocycles. The van der Waals surface area contributed by atoms with Gasteiger partial charge in [-0.25, -0.2) is 0 Å². The Hall–Kier alpha value is -3.55. The Bertz CT molecular complexity index is 1390. The molecule has 1 amide bonds. The van der Waals surface area contributed by atoms with E-state index in [1.807, 2.05) is 41.5 Å². The molecular formula is C43H74N2O12. The van der Waals surface area contributed by atoms with Gasteiger partial charge < -0.3 is 34.3 Å². The van der Waals surface area contributed by atoms with Gasteiger partial charge in [-0.15, -0.1) is 0 Å². The van der Waals surface area contributed by atoms with Crippen molar-refractivity contribution < 1.29 is 57.6 Å². The van der Waals surface area contributed by atoms with E-state index < -0.39 is 69.9 Å². The zero-order valence-corrected chi connectivity index (χ0v) is 37.2. The molecule has 1 fully saturated rings. The average Bonchev–Trinajstić information content (AvgIpc) is 3.54. The molecule has 2 N–H and O–H groups in total. The second-order valence-corrected chi connectivity index (χ2v) is 18.7. The van der Waals surface area contributed by atoms with E-state index in [4.69, 9.17) is 18.9 Å². The third-order valence-electron chi connectivity index (χ3n) is 10.8. The van der Waals surface area contributed by atoms with Gasteiger partial charge in [0.25, 0.3) is 0 Å². The third-order valence-corrected chi connectivity index (χ3v) is 10.8. The molecule has 0 bridgehead atoms. The summed E-state index contributed by atoms with van der Waals surface area (Å²) in [6.45, 7) is 22.2. The number of methoxy groups -OCH3 is 1. The summed E-state index contributed by atoms with van der Waals surface area (Å²) < 4.78 is 22.0. The van der Waals surface area contributed by atoms with E-state index in [2.05, 4.69) is 5.32 Å². The van der Waals surface area contributed by atoms with Gasteiger partial charge in [-0.3, -0.25) is 33.6 Å². The van der Waals surface area contributed by atoms with Gasteiger partial charge in [0.15, 0.2) is 0 Å². The molecule has 1 aliphatic heterocycles. The van der Waals surface area contributed by atoms with Crippen LogP contribution in [0.3, 0.4) is 0 Å². The second-order valence-electron chi connectivity index (χ2n) is 18.7. The molecule has 0 saturated carbocycles. The summed E-state index contributed by atoms with van der Waals surface area (Å²) in [6, 6.07) is -0.827. The lowest BCUT2D eigenvalue weighted by molar-refractivity contribution is -0.163. The molecular weight excluding hydrogens is 736 g/mol. The highest BCUT2D eigenvalue weighted by molar-refractivity contribution is 5.86. The summed E-state index contributed by atoms with van der Waals surface area (Å²) in [5.74, 6) is -7.29. The molecule has 14 heteroatoms. The maximum atomic E-state index is 14.1. The number of rotatable bonds is 26. The van der Waals surface area contributed by atoms with Crippen molar-refractivity contribution in [1.29, 1.82) is 0 Å². The smallest absolute Gasteiger partial charge is 0.311 e. The molecule has 57 heavy (non-hydrogen) atoms. The summed E-state index contributed by atoms with van der Waals surface area (Å²) in [5, 5.41) is 14.0. The highest BCUT2D eigenvalue weighted by Crippen LogP contribution is 2.44. The van der Waals surface area contributed by atoms with Crippen LogP contribution in [0.2, 0.25) is 0 Å². The summed E-state index contributed by atoms with van der Waals surface area (Å²) in [7, 11) is 1.20. The zero-order chi connectivity index (χ0) is 43.9. The molecule has 0 radical (unpaired) electrons. The van der Waals surface area contributed by atoms with Crippen LogP contribution in [-0.2, 0) is 52.5 Å². The van der Waals surface area contributed by atoms with E-state index in [0.717, 1.165) is 6.42 Å². The number of esters is 4. The first-order valence-electron chi connectivity index (χ1n) is 20.6. The maximum absolute atomic E-state index is 14.1. The van der Waals surface area contributed by atoms with Gasteiger partial charge in [-0.1, -0.05) is 34.1 Å². The predicted octanol–water partition coefficient (Wildman–Crippen LogP) is 6.16. The lowest BCUT2D eigenvalue weighted by Gasteiger charge is -2.40. The molecule has 0 aliphatic carbocycles. The largest absolute Gasteiger partial charge is 0.481 e. The van der Waals surface area contributed by atoms with Gasteiger partial charge in [-0.2, -0.15) is 0 Å². The number of likely N-dealkylation sites (tertiary alicyclic amines) is 1. The van der Waals surface area contributed by atoms with E-state index >= 15 is 0 Å². The van der Waals surface area contributed by atoms with Gasteiger partial charge >= 0.3 is 29.8 Å². The monoisotopic (exact) mass is 811 g/mol. The number of carbonyl (C=O) groups excluding carboxylic acids is 6. The van der Waals surface area contributed by atoms with E-state index in [1.165, 1.54) is 14.0 Å². The number of carboxylic acids is 1. The fourth-order valence-corrected chi connectivity index (χ4v) is 7.76. The van der Waals surface area contributed by atoms with Crippen molar-refractivity contribution in [3.63, 3.8) is 0 Å². The summed E-state index contributed by atoms with van der Waals surface area (Å²) in [5.41, 5.74) is -4.32. The Morgan fingerprint density at radius 1 is 0.842 bits per heavy atom. The van der Waals surface area contributed by atoms with Crippen LogP contribution in [0.25, 0.3) is 0 Å². The van der Waals surface area contributed by atoms with Crippen LogP contribution in [0.1, 0.15) is 141 Å². The number of nitrogens with zero attached hydrogens (tertiary/aromatic N) is 1. The molecule has 14 nitrogen and oxygen atoms in total. The number of Topliss-reactive ketones (excluding diaryl/α,β-unsaturated/α-hetero) is 1. The van der Waals surface area contributed by atoms with Gasteiger partial charge in [0, 0.05) is 37.0 Å². The minimum Gasteiger partial charge on any atom is -0.481 e. The number of ketones is 1. The molecule has 0 spiro atoms. The summed E-state index contributed by atoms with van der Waals surface area (Å²) in [6.07, 6.45) is 1.55. The highest BCUT2D eigenvalue weighted by atomic mass is 16.5. The van der Waals surface area contributed by atoms with Crippen LogP contribution >= 0.6 is 0 Å². The number of aliphatic carboxylic acids is 1. The highest BCUT2D eigenvalue weighted by Gasteiger charge is 2.49. The lowest BCUT2D eigenvalue weighted by atomic mass is 9.67. The second kappa shape index (κ2) is 22.6. The van der Waals surface area contributed by atoms with Gasteiger partial charge in [-0.05, 0) is 106 Å². The van der Waals surface area contributed by atoms with E-state index in [9.17, 15) is 38.7 Å². The average molecular weight is 811 g/mol. The topological polar surface area (TPSA) is 192 Å². The van der Waals surface area contributed by atoms with Gasteiger partial charge in [0.2, 0.25) is 5.91 Å². The van der Waals surface area contributed by atoms with E-state index in [-0.39, 0.29) is 81.5 Å². The Morgan fingerprint density at radius 2 is 1.47 bits per heavy atom. The first-order chi connectivity index (χ1) is 26.2. The van der Waals surface area contributed by atoms with Crippen LogP contribution in [0, 0.1) is 39.9 Å². The van der Waals surface area contributed by atoms with Crippen LogP contribution < -0.4 is 5.32 Å². The SMILES string of the molecule is CCCCOC(=O)C(C)C(CC(C)(CC(CC(CC(C)(CC(C)(C)C(=O)OCCNC(C)(C)C)C(=O)OC)C(=O)O)N1CCCC1=O)C(=O)OCC(C)C)C(C)=O. The normalized spacial score (nSPS) is 17.8. The Labute approximate surface area is 341 Å². The standard InChI is InChI=1S/C43H74N2O12/c1-14-15-20-55-36(50)29(4)33(30(5)46)25-42(11,39(53)57-26-28(2)3)24-32(45-19-16-17-34(45)47)22-31(35(48)49)23-43(12,38(52)54-13)27-41(9,10)37(51)56-21-18-44-40(6,7)8/h28-29,31-33,44H,14-27H2,1-13H3,(H,48,49). The minimum atomic E-state index is -1.48. The van der Waals surface area contributed by atoms with Crippen molar-refractivity contribution >= 4 is 41.5 Å². The number of unbranched alkanes of at least 4 members (excludes halogenated alkanes) is 1. The van der Waals surface area contributed by atoms with Crippen LogP contribution in [0.5, 0.6) is 0 Å². The van der Waals surface area contributed by atoms with Crippen LogP contribution in [0.15, 0.2) is 0 Å². The molecule has 6 unspecified atom stereocenters. The van der Waals surface area contributed by atoms with E-state index in [1.54, 1.807) is 39.5 Å². The quantitative estimate of drug-likeness (QED) is 0.0575. The fourth-order valence-electron chi connectivity index (χ4n) is 7.76. The van der Waals surface area contributed by atoms with Crippen molar-refractivity contribution in [1.82, 2.24) is 10.2 Å². The molecule has 0 aromatic heterocycles.